The van der Waals surface area contributed by atoms with Crippen LogP contribution in [0.25, 0.3) is 0 Å². The zero-order valence-electron chi connectivity index (χ0n) is 8.41. The first kappa shape index (κ1) is 16.4. The van der Waals surface area contributed by atoms with Gasteiger partial charge < -0.3 is 0 Å². The molecule has 0 saturated carbocycles. The van der Waals surface area contributed by atoms with Crippen LogP contribution in [-0.2, 0) is 0 Å². The third-order valence-corrected chi connectivity index (χ3v) is 0.789. The van der Waals surface area contributed by atoms with Crippen LogP contribution in [-0.4, -0.2) is 0 Å². The molecule has 0 aliphatic carbocycles. The SMILES string of the molecule is C=CCC.CC.CCCC. The molecule has 0 spiro atoms. The highest BCUT2D eigenvalue weighted by molar-refractivity contribution is 4.60. The van der Waals surface area contributed by atoms with Crippen LogP contribution in [0.1, 0.15) is 53.9 Å². The van der Waals surface area contributed by atoms with Crippen LogP contribution < -0.4 is 0 Å². The first-order chi connectivity index (χ1) is 4.83. The quantitative estimate of drug-likeness (QED) is 0.503. The topological polar surface area (TPSA) is 0 Å². The van der Waals surface area contributed by atoms with Crippen molar-refractivity contribution in [1.29, 1.82) is 0 Å². The third kappa shape index (κ3) is 116. The fraction of sp³-hybridized carbons (Fsp3) is 0.800. The van der Waals surface area contributed by atoms with Crippen molar-refractivity contribution in [2.75, 3.05) is 0 Å². The highest BCUT2D eigenvalue weighted by Crippen LogP contribution is 1.76. The summed E-state index contributed by atoms with van der Waals surface area (Å²) in [5, 5.41) is 0. The summed E-state index contributed by atoms with van der Waals surface area (Å²) in [5.74, 6) is 0. The molecule has 0 saturated heterocycles. The minimum atomic E-state index is 1.08. The van der Waals surface area contributed by atoms with Gasteiger partial charge in [0.2, 0.25) is 0 Å². The van der Waals surface area contributed by atoms with Gasteiger partial charge in [-0.05, 0) is 6.42 Å². The van der Waals surface area contributed by atoms with Crippen molar-refractivity contribution < 1.29 is 0 Å². The summed E-state index contributed by atoms with van der Waals surface area (Å²) in [5.41, 5.74) is 0. The average Bonchev–Trinajstić information content (AvgIpc) is 2.08. The van der Waals surface area contributed by atoms with Gasteiger partial charge in [0, 0.05) is 0 Å². The van der Waals surface area contributed by atoms with Gasteiger partial charge in [-0.15, -0.1) is 6.58 Å². The zero-order chi connectivity index (χ0) is 8.83. The lowest BCUT2D eigenvalue weighted by molar-refractivity contribution is 0.886. The third-order valence-electron chi connectivity index (χ3n) is 0.789. The number of allylic oxidation sites excluding steroid dienone is 1. The van der Waals surface area contributed by atoms with Crippen molar-refractivity contribution in [3.8, 4) is 0 Å². The zero-order valence-corrected chi connectivity index (χ0v) is 8.41. The number of unbranched alkanes of at least 4 members (excludes halogenated alkanes) is 1. The Morgan fingerprint density at radius 2 is 1.20 bits per heavy atom. The molecule has 0 aliphatic heterocycles. The second-order valence-electron chi connectivity index (χ2n) is 1.70. The van der Waals surface area contributed by atoms with E-state index in [0.29, 0.717) is 0 Å². The van der Waals surface area contributed by atoms with E-state index >= 15 is 0 Å². The smallest absolute Gasteiger partial charge is 0.0382 e. The predicted octanol–water partition coefficient (Wildman–Crippen LogP) is 4.42. The Kier molecular flexibility index (Phi) is 61.3. The summed E-state index contributed by atoms with van der Waals surface area (Å²) in [7, 11) is 0. The van der Waals surface area contributed by atoms with E-state index in [0.717, 1.165) is 6.42 Å². The molecule has 0 N–H and O–H groups in total. The van der Waals surface area contributed by atoms with Crippen LogP contribution in [0.5, 0.6) is 0 Å². The lowest BCUT2D eigenvalue weighted by Gasteiger charge is -1.68. The van der Waals surface area contributed by atoms with Crippen LogP contribution >= 0.6 is 0 Å². The molecule has 10 heavy (non-hydrogen) atoms. The number of hydrogen-bond acceptors (Lipinski definition) is 0. The Balaban J connectivity index is -0.0000000787. The lowest BCUT2D eigenvalue weighted by Crippen LogP contribution is -1.47. The molecule has 0 fully saturated rings. The summed E-state index contributed by atoms with van der Waals surface area (Å²) in [6, 6.07) is 0. The molecule has 0 rings (SSSR count). The molecule has 0 aliphatic rings. The molecule has 0 aromatic rings. The fourth-order valence-corrected chi connectivity index (χ4v) is 0. The standard InChI is InChI=1S/C4H10.C4H8.C2H6/c2*1-3-4-2;1-2/h3-4H2,1-2H3;3H,1,4H2,2H3;1-2H3. The molecule has 0 unspecified atom stereocenters. The maximum Gasteiger partial charge on any atom is -0.0382 e. The van der Waals surface area contributed by atoms with Crippen molar-refractivity contribution in [2.45, 2.75) is 53.9 Å². The summed E-state index contributed by atoms with van der Waals surface area (Å²) in [6.07, 6.45) is 5.60. The first-order valence-corrected chi connectivity index (χ1v) is 4.44. The molecule has 0 aromatic heterocycles. The highest BCUT2D eigenvalue weighted by Gasteiger charge is 1.56. The van der Waals surface area contributed by atoms with Crippen molar-refractivity contribution in [3.63, 3.8) is 0 Å². The van der Waals surface area contributed by atoms with E-state index in [9.17, 15) is 0 Å². The van der Waals surface area contributed by atoms with Gasteiger partial charge in [0.25, 0.3) is 0 Å². The van der Waals surface area contributed by atoms with Crippen molar-refractivity contribution in [3.05, 3.63) is 12.7 Å². The summed E-state index contributed by atoms with van der Waals surface area (Å²) in [6.45, 7) is 13.9. The Labute approximate surface area is 67.3 Å². The first-order valence-electron chi connectivity index (χ1n) is 4.44. The Morgan fingerprint density at radius 3 is 1.20 bits per heavy atom. The van der Waals surface area contributed by atoms with E-state index in [1.165, 1.54) is 12.8 Å². The Morgan fingerprint density at radius 1 is 1.00 bits per heavy atom. The molecule has 0 amide bonds. The van der Waals surface area contributed by atoms with Crippen LogP contribution in [0.2, 0.25) is 0 Å². The lowest BCUT2D eigenvalue weighted by atomic mass is 10.4. The molecule has 0 radical (unpaired) electrons. The monoisotopic (exact) mass is 144 g/mol. The molecule has 0 bridgehead atoms. The van der Waals surface area contributed by atoms with Crippen molar-refractivity contribution >= 4 is 0 Å². The van der Waals surface area contributed by atoms with Gasteiger partial charge in [-0.1, -0.05) is 53.5 Å². The molecule has 0 nitrogen and oxygen atoms in total. The molecule has 0 atom stereocenters. The Bertz CT molecular complexity index is 27.0. The van der Waals surface area contributed by atoms with E-state index in [4.69, 9.17) is 0 Å². The minimum absolute atomic E-state index is 1.08. The van der Waals surface area contributed by atoms with Crippen LogP contribution in [0.4, 0.5) is 0 Å². The summed E-state index contributed by atoms with van der Waals surface area (Å²) < 4.78 is 0. The van der Waals surface area contributed by atoms with E-state index in [1.54, 1.807) is 0 Å². The second kappa shape index (κ2) is 37.4. The summed E-state index contributed by atoms with van der Waals surface area (Å²) in [4.78, 5) is 0. The predicted molar refractivity (Wildman–Crippen MR) is 52.4 cm³/mol. The molecule has 0 heterocycles. The van der Waals surface area contributed by atoms with Crippen molar-refractivity contribution in [2.24, 2.45) is 0 Å². The van der Waals surface area contributed by atoms with Gasteiger partial charge in [-0.2, -0.15) is 0 Å². The van der Waals surface area contributed by atoms with Gasteiger partial charge >= 0.3 is 0 Å². The van der Waals surface area contributed by atoms with Gasteiger partial charge in [0.05, 0.1) is 0 Å². The maximum atomic E-state index is 3.48. The van der Waals surface area contributed by atoms with Crippen LogP contribution in [0, 0.1) is 0 Å². The highest BCUT2D eigenvalue weighted by atomic mass is 13.6. The van der Waals surface area contributed by atoms with Gasteiger partial charge in [-0.25, -0.2) is 0 Å². The second-order valence-corrected chi connectivity index (χ2v) is 1.70. The Hall–Kier alpha value is -0.260. The molecule has 0 heteroatoms. The maximum absolute atomic E-state index is 3.48. The average molecular weight is 144 g/mol. The largest absolute Gasteiger partial charge is 0.103 e. The normalized spacial score (nSPS) is 6.10. The van der Waals surface area contributed by atoms with E-state index in [-0.39, 0.29) is 0 Å². The van der Waals surface area contributed by atoms with Crippen LogP contribution in [0.15, 0.2) is 12.7 Å². The molecular weight excluding hydrogens is 120 g/mol. The van der Waals surface area contributed by atoms with Crippen LogP contribution in [0.3, 0.4) is 0 Å². The van der Waals surface area contributed by atoms with E-state index in [2.05, 4.69) is 27.4 Å². The number of rotatable bonds is 2. The minimum Gasteiger partial charge on any atom is -0.103 e. The van der Waals surface area contributed by atoms with E-state index in [1.807, 2.05) is 19.9 Å². The number of hydrogen-bond donors (Lipinski definition) is 0. The molecule has 64 valence electrons. The molecule has 0 aromatic carbocycles. The van der Waals surface area contributed by atoms with E-state index < -0.39 is 0 Å². The van der Waals surface area contributed by atoms with Crippen molar-refractivity contribution in [1.82, 2.24) is 0 Å². The van der Waals surface area contributed by atoms with Gasteiger partial charge in [-0.3, -0.25) is 0 Å². The van der Waals surface area contributed by atoms with Gasteiger partial charge in [0.1, 0.15) is 0 Å². The van der Waals surface area contributed by atoms with Gasteiger partial charge in [0.15, 0.2) is 0 Å². The molecular formula is C10H24. The fourth-order valence-electron chi connectivity index (χ4n) is 0. The summed E-state index contributed by atoms with van der Waals surface area (Å²) >= 11 is 0.